The minimum atomic E-state index is -4.84. The van der Waals surface area contributed by atoms with Gasteiger partial charge in [0.15, 0.2) is 17.3 Å². The number of hydrogen-bond donors (Lipinski definition) is 5. The number of nitrogens with zero attached hydrogens (tertiary/aromatic N) is 8. The first-order chi connectivity index (χ1) is 30.7. The maximum Gasteiger partial charge on any atom is 0.435 e. The molecule has 2 atom stereocenters. The molecule has 3 aliphatic heterocycles. The quantitative estimate of drug-likeness (QED) is 0.103. The number of imidazole rings is 1. The van der Waals surface area contributed by atoms with Crippen LogP contribution in [-0.2, 0) is 27.5 Å². The molecular formula is C42H52ClF3N12O6. The number of piperazine rings is 1. The average Bonchev–Trinajstić information content (AvgIpc) is 3.89. The van der Waals surface area contributed by atoms with Gasteiger partial charge in [0.25, 0.3) is 11.8 Å². The first-order valence-corrected chi connectivity index (χ1v) is 21.6. The lowest BCUT2D eigenvalue weighted by molar-refractivity contribution is -0.141. The summed E-state index contributed by atoms with van der Waals surface area (Å²) in [7, 11) is 1.41. The molecule has 0 spiro atoms. The van der Waals surface area contributed by atoms with Crippen LogP contribution in [-0.4, -0.2) is 159 Å². The van der Waals surface area contributed by atoms with Crippen molar-refractivity contribution in [2.45, 2.75) is 32.0 Å². The number of morpholine rings is 1. The predicted molar refractivity (Wildman–Crippen MR) is 230 cm³/mol. The van der Waals surface area contributed by atoms with Crippen molar-refractivity contribution in [3.63, 3.8) is 0 Å². The lowest BCUT2D eigenvalue weighted by Gasteiger charge is -2.37. The lowest BCUT2D eigenvalue weighted by Crippen LogP contribution is -2.52. The Morgan fingerprint density at radius 2 is 1.80 bits per heavy atom. The summed E-state index contributed by atoms with van der Waals surface area (Å²) in [6.07, 6.45) is 0.145. The van der Waals surface area contributed by atoms with E-state index in [4.69, 9.17) is 16.3 Å². The van der Waals surface area contributed by atoms with Crippen molar-refractivity contribution in [2.75, 3.05) is 95.8 Å². The first kappa shape index (κ1) is 46.4. The van der Waals surface area contributed by atoms with Gasteiger partial charge in [0.2, 0.25) is 5.91 Å². The van der Waals surface area contributed by atoms with Crippen LogP contribution in [0.5, 0.6) is 0 Å². The summed E-state index contributed by atoms with van der Waals surface area (Å²) in [6.45, 7) is 8.48. The number of aromatic nitrogens is 5. The molecule has 7 rings (SSSR count). The van der Waals surface area contributed by atoms with E-state index >= 15 is 0 Å². The molecule has 18 nitrogen and oxygen atoms in total. The summed E-state index contributed by atoms with van der Waals surface area (Å²) in [4.78, 5) is 65.7. The van der Waals surface area contributed by atoms with Crippen molar-refractivity contribution in [1.29, 1.82) is 0 Å². The molecule has 3 aromatic heterocycles. The van der Waals surface area contributed by atoms with Crippen molar-refractivity contribution in [1.82, 2.24) is 49.6 Å². The van der Waals surface area contributed by atoms with Crippen molar-refractivity contribution in [3.8, 4) is 17.1 Å². The molecule has 3 fully saturated rings. The van der Waals surface area contributed by atoms with Crippen LogP contribution < -0.4 is 21.3 Å². The number of carboxylic acids is 1. The second-order valence-corrected chi connectivity index (χ2v) is 16.6. The van der Waals surface area contributed by atoms with Crippen LogP contribution in [0.3, 0.4) is 0 Å². The second kappa shape index (κ2) is 20.5. The number of carboxylic acid groups (broad SMARTS) is 1. The molecule has 3 amide bonds. The fourth-order valence-electron chi connectivity index (χ4n) is 8.00. The number of aliphatic carboxylic acids is 1. The topological polar surface area (TPSA) is 204 Å². The Morgan fingerprint density at radius 3 is 2.42 bits per heavy atom. The minimum Gasteiger partial charge on any atom is -0.480 e. The fraction of sp³-hybridized carbons (Fsp3) is 0.500. The van der Waals surface area contributed by atoms with Gasteiger partial charge in [0, 0.05) is 89.8 Å². The number of pyridine rings is 1. The molecule has 1 aromatic carbocycles. The highest BCUT2D eigenvalue weighted by Gasteiger charge is 2.39. The molecule has 344 valence electrons. The zero-order chi connectivity index (χ0) is 45.5. The lowest BCUT2D eigenvalue weighted by atomic mass is 9.98. The molecule has 3 aliphatic rings. The van der Waals surface area contributed by atoms with Crippen LogP contribution in [0.4, 0.5) is 24.5 Å². The van der Waals surface area contributed by atoms with Gasteiger partial charge < -0.3 is 45.5 Å². The van der Waals surface area contributed by atoms with Gasteiger partial charge in [-0.2, -0.15) is 18.3 Å². The highest BCUT2D eigenvalue weighted by molar-refractivity contribution is 6.34. The van der Waals surface area contributed by atoms with Gasteiger partial charge in [-0.25, -0.2) is 14.6 Å². The fourth-order valence-corrected chi connectivity index (χ4v) is 8.26. The Morgan fingerprint density at radius 1 is 1.05 bits per heavy atom. The number of benzene rings is 1. The maximum absolute atomic E-state index is 14.3. The molecule has 4 aromatic rings. The first-order valence-electron chi connectivity index (χ1n) is 21.2. The van der Waals surface area contributed by atoms with Gasteiger partial charge >= 0.3 is 12.1 Å². The molecular weight excluding hydrogens is 861 g/mol. The van der Waals surface area contributed by atoms with E-state index in [1.165, 1.54) is 42.2 Å². The Bertz CT molecular complexity index is 2290. The van der Waals surface area contributed by atoms with Gasteiger partial charge in [-0.3, -0.25) is 24.1 Å². The Balaban J connectivity index is 0.945. The zero-order valence-electron chi connectivity index (χ0n) is 35.5. The van der Waals surface area contributed by atoms with Crippen LogP contribution >= 0.6 is 11.6 Å². The van der Waals surface area contributed by atoms with Crippen molar-refractivity contribution in [3.05, 3.63) is 71.0 Å². The molecule has 6 heterocycles. The van der Waals surface area contributed by atoms with E-state index in [2.05, 4.69) is 36.3 Å². The third-order valence-corrected chi connectivity index (χ3v) is 12.0. The third-order valence-electron chi connectivity index (χ3n) is 11.7. The standard InChI is InChI=1S/C42H52ClF3N12O6/c1-3-27(8-10-55(24-36(59)60)22-26-17-47-18-26)40(62)56-11-13-57(14-12-56)41(63)31-6-4-28(16-33(31)43)52-39(61)38-51-21-34(54(38)2)32-23-58(53-37(32)42(44,45)46)35-7-5-29(19-50-35)49-20-30-25-64-15-9-48-30/h4-7,16,19,21,23,26-27,30,47-49H,3,8-15,17-18,20,22,24-25H2,1-2H3,(H,52,61)(H,59,60)/t27?,30-/m0/s1. The van der Waals surface area contributed by atoms with Crippen LogP contribution in [0.25, 0.3) is 17.1 Å². The van der Waals surface area contributed by atoms with Crippen molar-refractivity contribution in [2.24, 2.45) is 18.9 Å². The molecule has 0 saturated carbocycles. The average molecular weight is 913 g/mol. The minimum absolute atomic E-state index is 0.0184. The summed E-state index contributed by atoms with van der Waals surface area (Å²) in [5.74, 6) is -1.93. The molecule has 5 N–H and O–H groups in total. The van der Waals surface area contributed by atoms with E-state index < -0.39 is 23.7 Å². The molecule has 1 unspecified atom stereocenters. The number of rotatable bonds is 17. The number of carbonyl (C=O) groups excluding carboxylic acids is 3. The number of amides is 3. The molecule has 64 heavy (non-hydrogen) atoms. The van der Waals surface area contributed by atoms with E-state index in [0.29, 0.717) is 70.4 Å². The van der Waals surface area contributed by atoms with Crippen LogP contribution in [0, 0.1) is 11.8 Å². The molecule has 0 radical (unpaired) electrons. The van der Waals surface area contributed by atoms with Gasteiger partial charge in [-0.05, 0) is 55.6 Å². The van der Waals surface area contributed by atoms with Gasteiger partial charge in [-0.1, -0.05) is 18.5 Å². The van der Waals surface area contributed by atoms with Crippen LogP contribution in [0.15, 0.2) is 48.9 Å². The van der Waals surface area contributed by atoms with E-state index in [1.807, 2.05) is 11.8 Å². The van der Waals surface area contributed by atoms with E-state index in [1.54, 1.807) is 21.9 Å². The number of halogens is 4. The molecule has 0 bridgehead atoms. The third kappa shape index (κ3) is 11.2. The number of anilines is 2. The summed E-state index contributed by atoms with van der Waals surface area (Å²) >= 11 is 6.57. The second-order valence-electron chi connectivity index (χ2n) is 16.2. The number of nitrogens with one attached hydrogen (secondary N) is 4. The van der Waals surface area contributed by atoms with Gasteiger partial charge in [0.1, 0.15) is 0 Å². The zero-order valence-corrected chi connectivity index (χ0v) is 36.3. The van der Waals surface area contributed by atoms with Gasteiger partial charge in [-0.15, -0.1) is 0 Å². The molecule has 0 aliphatic carbocycles. The van der Waals surface area contributed by atoms with Crippen molar-refractivity contribution < 1.29 is 42.2 Å². The smallest absolute Gasteiger partial charge is 0.435 e. The Labute approximate surface area is 372 Å². The van der Waals surface area contributed by atoms with Crippen molar-refractivity contribution >= 4 is 46.7 Å². The summed E-state index contributed by atoms with van der Waals surface area (Å²) in [5.41, 5.74) is -0.438. The van der Waals surface area contributed by atoms with Crippen LogP contribution in [0.1, 0.15) is 46.4 Å². The predicted octanol–water partition coefficient (Wildman–Crippen LogP) is 3.30. The highest BCUT2D eigenvalue weighted by atomic mass is 35.5. The Hall–Kier alpha value is -5.61. The number of hydrogen-bond acceptors (Lipinski definition) is 12. The van der Waals surface area contributed by atoms with E-state index in [0.717, 1.165) is 30.5 Å². The summed E-state index contributed by atoms with van der Waals surface area (Å²) in [5, 5.41) is 25.7. The SMILES string of the molecule is CCC(CCN(CC(=O)O)CC1CNC1)C(=O)N1CCN(C(=O)c2ccc(NC(=O)c3ncc(-c4cn(-c5ccc(NC[C@H]6COCCN6)cn5)nc4C(F)(F)F)n3C)cc2Cl)CC1. The summed E-state index contributed by atoms with van der Waals surface area (Å²) in [6, 6.07) is 7.70. The highest BCUT2D eigenvalue weighted by Crippen LogP contribution is 2.37. The van der Waals surface area contributed by atoms with E-state index in [9.17, 15) is 37.5 Å². The summed E-state index contributed by atoms with van der Waals surface area (Å²) < 4.78 is 50.7. The monoisotopic (exact) mass is 912 g/mol. The number of ether oxygens (including phenoxy) is 1. The van der Waals surface area contributed by atoms with Gasteiger partial charge in [0.05, 0.1) is 59.7 Å². The maximum atomic E-state index is 14.3. The van der Waals surface area contributed by atoms with E-state index in [-0.39, 0.29) is 82.6 Å². The molecule has 22 heteroatoms. The molecule has 3 saturated heterocycles. The van der Waals surface area contributed by atoms with Crippen LogP contribution in [0.2, 0.25) is 5.02 Å². The Kier molecular flexibility index (Phi) is 14.8. The number of alkyl halides is 3. The largest absolute Gasteiger partial charge is 0.480 e. The number of carbonyl (C=O) groups is 4. The normalized spacial score (nSPS) is 17.6.